The number of nitrogens with zero attached hydrogens (tertiary/aromatic N) is 2. The standard InChI is InChI=1S/C17H16N2O5/c1-2-23-17(20)15-8-6-13(7-9-15)12-24-18-11-14-4-3-5-16(10-14)19(21)22/h3-11H,2,12H2,1H3/b18-11+. The molecular formula is C17H16N2O5. The lowest BCUT2D eigenvalue weighted by molar-refractivity contribution is -0.384. The van der Waals surface area contributed by atoms with Gasteiger partial charge in [0.25, 0.3) is 5.69 Å². The Morgan fingerprint density at radius 2 is 2.00 bits per heavy atom. The van der Waals surface area contributed by atoms with E-state index in [1.165, 1.54) is 18.3 Å². The molecular weight excluding hydrogens is 312 g/mol. The van der Waals surface area contributed by atoms with E-state index < -0.39 is 4.92 Å². The molecule has 24 heavy (non-hydrogen) atoms. The van der Waals surface area contributed by atoms with Crippen molar-refractivity contribution in [3.63, 3.8) is 0 Å². The van der Waals surface area contributed by atoms with E-state index in [1.807, 2.05) is 0 Å². The van der Waals surface area contributed by atoms with E-state index in [-0.39, 0.29) is 18.3 Å². The van der Waals surface area contributed by atoms with Crippen LogP contribution in [-0.2, 0) is 16.2 Å². The van der Waals surface area contributed by atoms with Gasteiger partial charge < -0.3 is 9.57 Å². The third-order valence-corrected chi connectivity index (χ3v) is 3.05. The Labute approximate surface area is 138 Å². The average Bonchev–Trinajstić information content (AvgIpc) is 2.60. The van der Waals surface area contributed by atoms with Crippen molar-refractivity contribution in [3.8, 4) is 0 Å². The lowest BCUT2D eigenvalue weighted by atomic mass is 10.1. The molecule has 2 aromatic carbocycles. The molecule has 124 valence electrons. The van der Waals surface area contributed by atoms with Crippen LogP contribution in [0.5, 0.6) is 0 Å². The molecule has 2 aromatic rings. The van der Waals surface area contributed by atoms with Crippen molar-refractivity contribution in [1.29, 1.82) is 0 Å². The Morgan fingerprint density at radius 3 is 2.67 bits per heavy atom. The van der Waals surface area contributed by atoms with Gasteiger partial charge in [-0.2, -0.15) is 0 Å². The van der Waals surface area contributed by atoms with E-state index in [4.69, 9.17) is 9.57 Å². The smallest absolute Gasteiger partial charge is 0.338 e. The number of carbonyl (C=O) groups is 1. The Balaban J connectivity index is 1.88. The Kier molecular flexibility index (Phi) is 6.01. The van der Waals surface area contributed by atoms with E-state index in [1.54, 1.807) is 43.3 Å². The van der Waals surface area contributed by atoms with Crippen LogP contribution in [0.1, 0.15) is 28.4 Å². The van der Waals surface area contributed by atoms with E-state index in [0.29, 0.717) is 17.7 Å². The highest BCUT2D eigenvalue weighted by Gasteiger charge is 2.06. The number of nitro groups is 1. The molecule has 0 heterocycles. The summed E-state index contributed by atoms with van der Waals surface area (Å²) in [6.45, 7) is 2.30. The van der Waals surface area contributed by atoms with Crippen molar-refractivity contribution in [2.24, 2.45) is 5.16 Å². The van der Waals surface area contributed by atoms with Crippen LogP contribution in [0.25, 0.3) is 0 Å². The van der Waals surface area contributed by atoms with Gasteiger partial charge in [-0.05, 0) is 24.6 Å². The zero-order chi connectivity index (χ0) is 17.4. The second-order valence-corrected chi connectivity index (χ2v) is 4.78. The first-order chi connectivity index (χ1) is 11.6. The van der Waals surface area contributed by atoms with Crippen molar-refractivity contribution in [3.05, 3.63) is 75.3 Å². The molecule has 0 aromatic heterocycles. The fourth-order valence-corrected chi connectivity index (χ4v) is 1.88. The molecule has 0 aliphatic heterocycles. The van der Waals surface area contributed by atoms with Crippen molar-refractivity contribution in [1.82, 2.24) is 0 Å². The first-order valence-corrected chi connectivity index (χ1v) is 7.26. The highest BCUT2D eigenvalue weighted by molar-refractivity contribution is 5.89. The van der Waals surface area contributed by atoms with Crippen molar-refractivity contribution in [2.45, 2.75) is 13.5 Å². The largest absolute Gasteiger partial charge is 0.462 e. The number of non-ortho nitro benzene ring substituents is 1. The predicted molar refractivity (Wildman–Crippen MR) is 87.9 cm³/mol. The predicted octanol–water partition coefficient (Wildman–Crippen LogP) is 3.32. The molecule has 0 saturated heterocycles. The van der Waals surface area contributed by atoms with E-state index in [2.05, 4.69) is 5.16 Å². The van der Waals surface area contributed by atoms with Gasteiger partial charge in [-0.3, -0.25) is 10.1 Å². The highest BCUT2D eigenvalue weighted by Crippen LogP contribution is 2.12. The molecule has 0 spiro atoms. The SMILES string of the molecule is CCOC(=O)c1ccc(CO/N=C/c2cccc([N+](=O)[O-])c2)cc1. The topological polar surface area (TPSA) is 91.0 Å². The maximum Gasteiger partial charge on any atom is 0.338 e. The van der Waals surface area contributed by atoms with Crippen LogP contribution < -0.4 is 0 Å². The summed E-state index contributed by atoms with van der Waals surface area (Å²) >= 11 is 0. The normalized spacial score (nSPS) is 10.5. The summed E-state index contributed by atoms with van der Waals surface area (Å²) in [5.41, 5.74) is 1.87. The lowest BCUT2D eigenvalue weighted by Crippen LogP contribution is -2.04. The summed E-state index contributed by atoms with van der Waals surface area (Å²) < 4.78 is 4.90. The number of oxime groups is 1. The van der Waals surface area contributed by atoms with Gasteiger partial charge in [0.15, 0.2) is 0 Å². The third-order valence-electron chi connectivity index (χ3n) is 3.05. The van der Waals surface area contributed by atoms with Crippen LogP contribution in [0.4, 0.5) is 5.69 Å². The van der Waals surface area contributed by atoms with E-state index in [0.717, 1.165) is 5.56 Å². The molecule has 0 radical (unpaired) electrons. The average molecular weight is 328 g/mol. The second-order valence-electron chi connectivity index (χ2n) is 4.78. The van der Waals surface area contributed by atoms with Crippen LogP contribution in [0.2, 0.25) is 0 Å². The molecule has 0 saturated carbocycles. The molecule has 2 rings (SSSR count). The maximum absolute atomic E-state index is 11.5. The quantitative estimate of drug-likeness (QED) is 0.336. The van der Waals surface area contributed by atoms with Crippen LogP contribution in [0.3, 0.4) is 0 Å². The molecule has 0 N–H and O–H groups in total. The molecule has 0 amide bonds. The van der Waals surface area contributed by atoms with Crippen LogP contribution in [0, 0.1) is 10.1 Å². The number of rotatable bonds is 7. The van der Waals surface area contributed by atoms with Crippen molar-refractivity contribution < 1.29 is 19.3 Å². The summed E-state index contributed by atoms with van der Waals surface area (Å²) in [6, 6.07) is 12.9. The summed E-state index contributed by atoms with van der Waals surface area (Å²) in [4.78, 5) is 26.9. The highest BCUT2D eigenvalue weighted by atomic mass is 16.6. The number of hydrogen-bond donors (Lipinski definition) is 0. The molecule has 0 unspecified atom stereocenters. The third kappa shape index (κ3) is 4.91. The minimum atomic E-state index is -0.469. The van der Waals surface area contributed by atoms with Gasteiger partial charge in [-0.1, -0.05) is 29.4 Å². The van der Waals surface area contributed by atoms with Gasteiger partial charge >= 0.3 is 5.97 Å². The number of benzene rings is 2. The molecule has 0 aliphatic carbocycles. The second kappa shape index (κ2) is 8.42. The van der Waals surface area contributed by atoms with E-state index >= 15 is 0 Å². The van der Waals surface area contributed by atoms with Gasteiger partial charge in [0.1, 0.15) is 6.61 Å². The molecule has 0 atom stereocenters. The first kappa shape index (κ1) is 17.1. The summed E-state index contributed by atoms with van der Waals surface area (Å²) in [5.74, 6) is -0.367. The van der Waals surface area contributed by atoms with Crippen LogP contribution in [-0.4, -0.2) is 23.7 Å². The molecule has 7 nitrogen and oxygen atoms in total. The summed E-state index contributed by atoms with van der Waals surface area (Å²) in [5, 5.41) is 14.5. The number of nitro benzene ring substituents is 1. The van der Waals surface area contributed by atoms with Gasteiger partial charge in [0.2, 0.25) is 0 Å². The molecule has 0 aliphatic rings. The Morgan fingerprint density at radius 1 is 1.25 bits per heavy atom. The fourth-order valence-electron chi connectivity index (χ4n) is 1.88. The van der Waals surface area contributed by atoms with Crippen molar-refractivity contribution in [2.75, 3.05) is 6.61 Å². The van der Waals surface area contributed by atoms with E-state index in [9.17, 15) is 14.9 Å². The van der Waals surface area contributed by atoms with Crippen LogP contribution >= 0.6 is 0 Å². The minimum Gasteiger partial charge on any atom is -0.462 e. The van der Waals surface area contributed by atoms with Crippen LogP contribution in [0.15, 0.2) is 53.7 Å². The zero-order valence-corrected chi connectivity index (χ0v) is 13.0. The molecule has 0 fully saturated rings. The molecule has 7 heteroatoms. The number of carbonyl (C=O) groups excluding carboxylic acids is 1. The van der Waals surface area contributed by atoms with Crippen molar-refractivity contribution >= 4 is 17.9 Å². The van der Waals surface area contributed by atoms with Gasteiger partial charge in [-0.15, -0.1) is 0 Å². The van der Waals surface area contributed by atoms with Gasteiger partial charge in [0.05, 0.1) is 23.3 Å². The Hall–Kier alpha value is -3.22. The van der Waals surface area contributed by atoms with Gasteiger partial charge in [-0.25, -0.2) is 4.79 Å². The number of hydrogen-bond acceptors (Lipinski definition) is 6. The summed E-state index contributed by atoms with van der Waals surface area (Å²) in [6.07, 6.45) is 1.40. The number of ether oxygens (including phenoxy) is 1. The maximum atomic E-state index is 11.5. The zero-order valence-electron chi connectivity index (χ0n) is 13.0. The number of esters is 1. The van der Waals surface area contributed by atoms with Gasteiger partial charge in [0, 0.05) is 17.7 Å². The first-order valence-electron chi connectivity index (χ1n) is 7.26. The lowest BCUT2D eigenvalue weighted by Gasteiger charge is -2.03. The fraction of sp³-hybridized carbons (Fsp3) is 0.176. The minimum absolute atomic E-state index is 0.00601. The Bertz CT molecular complexity index is 741. The summed E-state index contributed by atoms with van der Waals surface area (Å²) in [7, 11) is 0. The monoisotopic (exact) mass is 328 g/mol. The molecule has 0 bridgehead atoms.